The number of halogens is 1. The zero-order valence-electron chi connectivity index (χ0n) is 9.93. The van der Waals surface area contributed by atoms with Crippen LogP contribution in [0.3, 0.4) is 0 Å². The normalized spacial score (nSPS) is 26.1. The number of aliphatic hydroxyl groups is 1. The molecule has 0 bridgehead atoms. The minimum absolute atomic E-state index is 0.185. The van der Waals surface area contributed by atoms with Gasteiger partial charge in [0.2, 0.25) is 0 Å². The molecule has 94 valence electrons. The molecule has 1 fully saturated rings. The van der Waals surface area contributed by atoms with E-state index in [1.807, 2.05) is 0 Å². The van der Waals surface area contributed by atoms with Crippen molar-refractivity contribution in [2.75, 3.05) is 18.8 Å². The molecule has 0 saturated carbocycles. The van der Waals surface area contributed by atoms with E-state index in [0.717, 1.165) is 25.2 Å². The van der Waals surface area contributed by atoms with E-state index in [2.05, 4.69) is 16.8 Å². The van der Waals surface area contributed by atoms with Crippen molar-refractivity contribution in [3.8, 4) is 0 Å². The third-order valence-corrected chi connectivity index (χ3v) is 3.60. The predicted molar refractivity (Wildman–Crippen MR) is 68.7 cm³/mol. The zero-order chi connectivity index (χ0) is 12.4. The van der Waals surface area contributed by atoms with Gasteiger partial charge in [-0.05, 0) is 24.5 Å². The lowest BCUT2D eigenvalue weighted by Crippen LogP contribution is -2.41. The maximum absolute atomic E-state index is 9.67. The Kier molecular flexibility index (Phi) is 3.86. The second-order valence-electron chi connectivity index (χ2n) is 4.73. The standard InChI is InChI=1S/C12H18ClN3O/c1-8-6-16(5-4-11(8)17)7-10-9(13)2-3-12(14)15-10/h2-3,8,11,17H,4-7H2,1H3,(H2,14,15). The quantitative estimate of drug-likeness (QED) is 0.841. The van der Waals surface area contributed by atoms with Crippen molar-refractivity contribution in [3.63, 3.8) is 0 Å². The Balaban J connectivity index is 2.03. The summed E-state index contributed by atoms with van der Waals surface area (Å²) >= 11 is 6.09. The van der Waals surface area contributed by atoms with Gasteiger partial charge in [0.25, 0.3) is 0 Å². The zero-order valence-corrected chi connectivity index (χ0v) is 10.7. The van der Waals surface area contributed by atoms with Crippen molar-refractivity contribution in [2.24, 2.45) is 5.92 Å². The number of pyridine rings is 1. The summed E-state index contributed by atoms with van der Waals surface area (Å²) in [5.41, 5.74) is 6.47. The predicted octanol–water partition coefficient (Wildman–Crippen LogP) is 1.52. The van der Waals surface area contributed by atoms with Gasteiger partial charge in [-0.25, -0.2) is 4.98 Å². The SMILES string of the molecule is CC1CN(Cc2nc(N)ccc2Cl)CCC1O. The third-order valence-electron chi connectivity index (χ3n) is 3.26. The van der Waals surface area contributed by atoms with E-state index in [1.54, 1.807) is 12.1 Å². The van der Waals surface area contributed by atoms with Crippen molar-refractivity contribution in [3.05, 3.63) is 22.8 Å². The van der Waals surface area contributed by atoms with Crippen molar-refractivity contribution < 1.29 is 5.11 Å². The van der Waals surface area contributed by atoms with E-state index in [4.69, 9.17) is 17.3 Å². The summed E-state index contributed by atoms with van der Waals surface area (Å²) in [5, 5.41) is 10.3. The lowest BCUT2D eigenvalue weighted by atomic mass is 9.97. The van der Waals surface area contributed by atoms with Crippen molar-refractivity contribution >= 4 is 17.4 Å². The van der Waals surface area contributed by atoms with E-state index in [1.165, 1.54) is 0 Å². The first kappa shape index (κ1) is 12.6. The topological polar surface area (TPSA) is 62.4 Å². The largest absolute Gasteiger partial charge is 0.393 e. The number of aliphatic hydroxyl groups excluding tert-OH is 1. The highest BCUT2D eigenvalue weighted by molar-refractivity contribution is 6.31. The van der Waals surface area contributed by atoms with Gasteiger partial charge < -0.3 is 10.8 Å². The molecule has 1 aliphatic rings. The van der Waals surface area contributed by atoms with E-state index < -0.39 is 0 Å². The molecule has 0 spiro atoms. The molecule has 2 unspecified atom stereocenters. The molecular weight excluding hydrogens is 238 g/mol. The molecule has 1 aromatic heterocycles. The van der Waals surface area contributed by atoms with Crippen molar-refractivity contribution in [1.82, 2.24) is 9.88 Å². The van der Waals surface area contributed by atoms with Crippen LogP contribution < -0.4 is 5.73 Å². The molecule has 3 N–H and O–H groups in total. The van der Waals surface area contributed by atoms with Gasteiger partial charge in [0, 0.05) is 19.6 Å². The molecule has 2 rings (SSSR count). The van der Waals surface area contributed by atoms with Gasteiger partial charge in [0.15, 0.2) is 0 Å². The number of piperidine rings is 1. The number of nitrogens with zero attached hydrogens (tertiary/aromatic N) is 2. The van der Waals surface area contributed by atoms with E-state index >= 15 is 0 Å². The highest BCUT2D eigenvalue weighted by atomic mass is 35.5. The molecule has 2 heterocycles. The van der Waals surface area contributed by atoms with Gasteiger partial charge >= 0.3 is 0 Å². The van der Waals surface area contributed by atoms with Crippen molar-refractivity contribution in [2.45, 2.75) is 26.0 Å². The number of aromatic nitrogens is 1. The Bertz CT molecular complexity index is 399. The fourth-order valence-electron chi connectivity index (χ4n) is 2.19. The summed E-state index contributed by atoms with van der Waals surface area (Å²) in [4.78, 5) is 6.51. The molecule has 17 heavy (non-hydrogen) atoms. The summed E-state index contributed by atoms with van der Waals surface area (Å²) in [6.07, 6.45) is 0.622. The van der Waals surface area contributed by atoms with Crippen LogP contribution in [0.5, 0.6) is 0 Å². The van der Waals surface area contributed by atoms with Crippen LogP contribution in [-0.2, 0) is 6.54 Å². The molecule has 1 aliphatic heterocycles. The van der Waals surface area contributed by atoms with Gasteiger partial charge in [-0.2, -0.15) is 0 Å². The Morgan fingerprint density at radius 2 is 2.35 bits per heavy atom. The Morgan fingerprint density at radius 3 is 3.06 bits per heavy atom. The van der Waals surface area contributed by atoms with Gasteiger partial charge in [0.05, 0.1) is 16.8 Å². The maximum atomic E-state index is 9.67. The van der Waals surface area contributed by atoms with Gasteiger partial charge in [-0.3, -0.25) is 4.90 Å². The lowest BCUT2D eigenvalue weighted by Gasteiger charge is -2.34. The van der Waals surface area contributed by atoms with E-state index in [9.17, 15) is 5.11 Å². The molecule has 0 amide bonds. The molecule has 5 heteroatoms. The van der Waals surface area contributed by atoms with E-state index in [-0.39, 0.29) is 6.10 Å². The molecule has 1 saturated heterocycles. The van der Waals surface area contributed by atoms with Crippen molar-refractivity contribution in [1.29, 1.82) is 0 Å². The lowest BCUT2D eigenvalue weighted by molar-refractivity contribution is 0.0316. The number of rotatable bonds is 2. The van der Waals surface area contributed by atoms with Crippen LogP contribution in [0.4, 0.5) is 5.82 Å². The number of hydrogen-bond acceptors (Lipinski definition) is 4. The summed E-state index contributed by atoms with van der Waals surface area (Å²) in [6.45, 7) is 4.50. The second kappa shape index (κ2) is 5.21. The van der Waals surface area contributed by atoms with Crippen LogP contribution in [0.25, 0.3) is 0 Å². The third kappa shape index (κ3) is 3.09. The molecule has 0 aliphatic carbocycles. The number of hydrogen-bond donors (Lipinski definition) is 2. The first-order valence-corrected chi connectivity index (χ1v) is 6.25. The minimum Gasteiger partial charge on any atom is -0.393 e. The molecule has 2 atom stereocenters. The average Bonchev–Trinajstić information content (AvgIpc) is 2.29. The first-order valence-electron chi connectivity index (χ1n) is 5.87. The fourth-order valence-corrected chi connectivity index (χ4v) is 2.35. The maximum Gasteiger partial charge on any atom is 0.123 e. The molecular formula is C12H18ClN3O. The Hall–Kier alpha value is -0.840. The Morgan fingerprint density at radius 1 is 1.59 bits per heavy atom. The summed E-state index contributed by atoms with van der Waals surface area (Å²) in [5.74, 6) is 0.790. The van der Waals surface area contributed by atoms with Gasteiger partial charge in [-0.1, -0.05) is 18.5 Å². The average molecular weight is 256 g/mol. The number of anilines is 1. The molecule has 1 aromatic rings. The van der Waals surface area contributed by atoms with Crippen LogP contribution in [0.15, 0.2) is 12.1 Å². The molecule has 0 radical (unpaired) electrons. The fraction of sp³-hybridized carbons (Fsp3) is 0.583. The van der Waals surface area contributed by atoms with Crippen LogP contribution in [0.1, 0.15) is 19.0 Å². The summed E-state index contributed by atoms with van der Waals surface area (Å²) < 4.78 is 0. The minimum atomic E-state index is -0.185. The van der Waals surface area contributed by atoms with Crippen LogP contribution >= 0.6 is 11.6 Å². The highest BCUT2D eigenvalue weighted by Gasteiger charge is 2.24. The summed E-state index contributed by atoms with van der Waals surface area (Å²) in [7, 11) is 0. The molecule has 0 aromatic carbocycles. The first-order chi connectivity index (χ1) is 8.06. The smallest absolute Gasteiger partial charge is 0.123 e. The van der Waals surface area contributed by atoms with E-state index in [0.29, 0.717) is 23.3 Å². The number of nitrogen functional groups attached to an aromatic ring is 1. The number of nitrogens with two attached hydrogens (primary N) is 1. The van der Waals surface area contributed by atoms with Crippen LogP contribution in [0, 0.1) is 5.92 Å². The number of likely N-dealkylation sites (tertiary alicyclic amines) is 1. The second-order valence-corrected chi connectivity index (χ2v) is 5.14. The van der Waals surface area contributed by atoms with Crippen LogP contribution in [0.2, 0.25) is 5.02 Å². The summed E-state index contributed by atoms with van der Waals surface area (Å²) in [6, 6.07) is 3.48. The van der Waals surface area contributed by atoms with Gasteiger partial charge in [0.1, 0.15) is 5.82 Å². The highest BCUT2D eigenvalue weighted by Crippen LogP contribution is 2.21. The molecule has 4 nitrogen and oxygen atoms in total. The monoisotopic (exact) mass is 255 g/mol. The van der Waals surface area contributed by atoms with Gasteiger partial charge in [-0.15, -0.1) is 0 Å². The van der Waals surface area contributed by atoms with Crippen LogP contribution in [-0.4, -0.2) is 34.2 Å². The Labute approximate surface area is 106 Å².